The second kappa shape index (κ2) is 4.51. The first-order valence-corrected chi connectivity index (χ1v) is 5.84. The van der Waals surface area contributed by atoms with Crippen molar-refractivity contribution in [2.75, 3.05) is 20.6 Å². The number of hydrogen-bond acceptors (Lipinski definition) is 5. The molecule has 1 fully saturated rings. The summed E-state index contributed by atoms with van der Waals surface area (Å²) >= 11 is 0. The van der Waals surface area contributed by atoms with Crippen LogP contribution in [0.4, 0.5) is 0 Å². The SMILES string of the molecule is CN(C)Cc1noc(C2(CN)CCCC2)n1. The van der Waals surface area contributed by atoms with Crippen LogP contribution in [0.25, 0.3) is 0 Å². The number of aromatic nitrogens is 2. The van der Waals surface area contributed by atoms with Gasteiger partial charge in [0.2, 0.25) is 5.89 Å². The summed E-state index contributed by atoms with van der Waals surface area (Å²) in [5.74, 6) is 1.49. The Hall–Kier alpha value is -0.940. The van der Waals surface area contributed by atoms with Gasteiger partial charge in [0.1, 0.15) is 0 Å². The van der Waals surface area contributed by atoms with E-state index in [1.54, 1.807) is 0 Å². The van der Waals surface area contributed by atoms with Gasteiger partial charge in [0.25, 0.3) is 0 Å². The summed E-state index contributed by atoms with van der Waals surface area (Å²) in [6.07, 6.45) is 4.57. The van der Waals surface area contributed by atoms with Crippen LogP contribution >= 0.6 is 0 Å². The highest BCUT2D eigenvalue weighted by Gasteiger charge is 2.39. The number of nitrogens with zero attached hydrogens (tertiary/aromatic N) is 3. The van der Waals surface area contributed by atoms with Gasteiger partial charge in [-0.25, -0.2) is 0 Å². The molecule has 5 nitrogen and oxygen atoms in total. The minimum Gasteiger partial charge on any atom is -0.339 e. The van der Waals surface area contributed by atoms with Crippen molar-refractivity contribution in [3.63, 3.8) is 0 Å². The summed E-state index contributed by atoms with van der Waals surface area (Å²) < 4.78 is 5.38. The zero-order chi connectivity index (χ0) is 11.6. The maximum Gasteiger partial charge on any atom is 0.234 e. The lowest BCUT2D eigenvalue weighted by Crippen LogP contribution is -2.32. The number of nitrogens with two attached hydrogens (primary N) is 1. The van der Waals surface area contributed by atoms with Crippen LogP contribution in [0, 0.1) is 0 Å². The molecule has 0 atom stereocenters. The van der Waals surface area contributed by atoms with Crippen LogP contribution in [-0.4, -0.2) is 35.7 Å². The Morgan fingerprint density at radius 1 is 1.38 bits per heavy atom. The van der Waals surface area contributed by atoms with Gasteiger partial charge in [-0.15, -0.1) is 0 Å². The Labute approximate surface area is 96.0 Å². The maximum atomic E-state index is 5.87. The van der Waals surface area contributed by atoms with Crippen molar-refractivity contribution in [2.24, 2.45) is 5.73 Å². The molecule has 0 aliphatic heterocycles. The Kier molecular flexibility index (Phi) is 3.25. The smallest absolute Gasteiger partial charge is 0.234 e. The van der Waals surface area contributed by atoms with E-state index in [1.807, 2.05) is 19.0 Å². The fraction of sp³-hybridized carbons (Fsp3) is 0.818. The Bertz CT molecular complexity index is 342. The van der Waals surface area contributed by atoms with Gasteiger partial charge in [-0.2, -0.15) is 4.98 Å². The Balaban J connectivity index is 2.16. The largest absolute Gasteiger partial charge is 0.339 e. The summed E-state index contributed by atoms with van der Waals surface area (Å²) in [4.78, 5) is 6.50. The molecule has 1 saturated carbocycles. The van der Waals surface area contributed by atoms with E-state index in [0.29, 0.717) is 13.1 Å². The summed E-state index contributed by atoms with van der Waals surface area (Å²) in [5.41, 5.74) is 5.83. The van der Waals surface area contributed by atoms with Gasteiger partial charge in [-0.05, 0) is 26.9 Å². The quantitative estimate of drug-likeness (QED) is 0.823. The highest BCUT2D eigenvalue weighted by molar-refractivity contribution is 5.09. The fourth-order valence-corrected chi connectivity index (χ4v) is 2.37. The molecule has 1 aliphatic carbocycles. The molecule has 1 heterocycles. The lowest BCUT2D eigenvalue weighted by Gasteiger charge is -2.21. The second-order valence-electron chi connectivity index (χ2n) is 4.95. The van der Waals surface area contributed by atoms with Crippen molar-refractivity contribution < 1.29 is 4.52 Å². The van der Waals surface area contributed by atoms with E-state index >= 15 is 0 Å². The Morgan fingerprint density at radius 2 is 2.06 bits per heavy atom. The van der Waals surface area contributed by atoms with Crippen LogP contribution in [0.2, 0.25) is 0 Å². The zero-order valence-corrected chi connectivity index (χ0v) is 10.1. The van der Waals surface area contributed by atoms with Crippen LogP contribution in [0.5, 0.6) is 0 Å². The van der Waals surface area contributed by atoms with Crippen molar-refractivity contribution in [3.8, 4) is 0 Å². The zero-order valence-electron chi connectivity index (χ0n) is 10.1. The molecule has 0 aromatic carbocycles. The molecule has 0 amide bonds. The monoisotopic (exact) mass is 224 g/mol. The van der Waals surface area contributed by atoms with E-state index < -0.39 is 0 Å². The molecule has 1 aliphatic rings. The van der Waals surface area contributed by atoms with Crippen LogP contribution in [0.15, 0.2) is 4.52 Å². The lowest BCUT2D eigenvalue weighted by molar-refractivity contribution is 0.280. The molecule has 90 valence electrons. The van der Waals surface area contributed by atoms with Gasteiger partial charge < -0.3 is 15.2 Å². The van der Waals surface area contributed by atoms with E-state index in [4.69, 9.17) is 10.3 Å². The van der Waals surface area contributed by atoms with E-state index in [0.717, 1.165) is 24.6 Å². The third kappa shape index (κ3) is 2.10. The molecular weight excluding hydrogens is 204 g/mol. The molecule has 2 N–H and O–H groups in total. The standard InChI is InChI=1S/C11H20N4O/c1-15(2)7-9-13-10(16-14-9)11(8-12)5-3-4-6-11/h3-8,12H2,1-2H3. The average Bonchev–Trinajstić information content (AvgIpc) is 2.85. The second-order valence-corrected chi connectivity index (χ2v) is 4.95. The molecule has 0 spiro atoms. The molecule has 0 unspecified atom stereocenters. The summed E-state index contributed by atoms with van der Waals surface area (Å²) in [6.45, 7) is 1.32. The highest BCUT2D eigenvalue weighted by Crippen LogP contribution is 2.39. The first kappa shape index (κ1) is 11.5. The van der Waals surface area contributed by atoms with Crippen LogP contribution in [0.1, 0.15) is 37.4 Å². The van der Waals surface area contributed by atoms with E-state index in [9.17, 15) is 0 Å². The molecule has 0 saturated heterocycles. The molecule has 0 bridgehead atoms. The molecule has 5 heteroatoms. The topological polar surface area (TPSA) is 68.2 Å². The lowest BCUT2D eigenvalue weighted by atomic mass is 9.86. The predicted molar refractivity (Wildman–Crippen MR) is 60.9 cm³/mol. The minimum absolute atomic E-state index is 0.0441. The Morgan fingerprint density at radius 3 is 2.62 bits per heavy atom. The molecule has 1 aromatic heterocycles. The first-order chi connectivity index (χ1) is 7.66. The summed E-state index contributed by atoms with van der Waals surface area (Å²) in [6, 6.07) is 0. The van der Waals surface area contributed by atoms with Gasteiger partial charge in [0, 0.05) is 6.54 Å². The van der Waals surface area contributed by atoms with Gasteiger partial charge in [0.05, 0.1) is 12.0 Å². The van der Waals surface area contributed by atoms with Gasteiger partial charge in [-0.1, -0.05) is 18.0 Å². The number of hydrogen-bond donors (Lipinski definition) is 1. The van der Waals surface area contributed by atoms with Crippen molar-refractivity contribution in [1.29, 1.82) is 0 Å². The molecule has 16 heavy (non-hydrogen) atoms. The van der Waals surface area contributed by atoms with Crippen molar-refractivity contribution in [2.45, 2.75) is 37.6 Å². The van der Waals surface area contributed by atoms with Crippen molar-refractivity contribution >= 4 is 0 Å². The van der Waals surface area contributed by atoms with Crippen molar-refractivity contribution in [3.05, 3.63) is 11.7 Å². The molecular formula is C11H20N4O. The first-order valence-electron chi connectivity index (χ1n) is 5.84. The molecule has 0 radical (unpaired) electrons. The minimum atomic E-state index is -0.0441. The maximum absolute atomic E-state index is 5.87. The fourth-order valence-electron chi connectivity index (χ4n) is 2.37. The van der Waals surface area contributed by atoms with E-state index in [-0.39, 0.29) is 5.41 Å². The van der Waals surface area contributed by atoms with Crippen LogP contribution in [0.3, 0.4) is 0 Å². The van der Waals surface area contributed by atoms with E-state index in [2.05, 4.69) is 10.1 Å². The van der Waals surface area contributed by atoms with Crippen molar-refractivity contribution in [1.82, 2.24) is 15.0 Å². The van der Waals surface area contributed by atoms with Crippen LogP contribution < -0.4 is 5.73 Å². The van der Waals surface area contributed by atoms with Gasteiger partial charge in [-0.3, -0.25) is 0 Å². The third-order valence-corrected chi connectivity index (χ3v) is 3.33. The summed E-state index contributed by atoms with van der Waals surface area (Å²) in [7, 11) is 3.98. The summed E-state index contributed by atoms with van der Waals surface area (Å²) in [5, 5.41) is 4.01. The normalized spacial score (nSPS) is 19.5. The van der Waals surface area contributed by atoms with Crippen LogP contribution in [-0.2, 0) is 12.0 Å². The van der Waals surface area contributed by atoms with Gasteiger partial charge >= 0.3 is 0 Å². The third-order valence-electron chi connectivity index (χ3n) is 3.33. The highest BCUT2D eigenvalue weighted by atomic mass is 16.5. The number of rotatable bonds is 4. The predicted octanol–water partition coefficient (Wildman–Crippen LogP) is 0.902. The molecule has 1 aromatic rings. The van der Waals surface area contributed by atoms with E-state index in [1.165, 1.54) is 12.8 Å². The average molecular weight is 224 g/mol. The van der Waals surface area contributed by atoms with Gasteiger partial charge in [0.15, 0.2) is 5.82 Å². The molecule has 2 rings (SSSR count).